The van der Waals surface area contributed by atoms with Gasteiger partial charge in [-0.05, 0) is 45.1 Å². The molecular formula is C15H26O3. The Morgan fingerprint density at radius 2 is 2.00 bits per heavy atom. The lowest BCUT2D eigenvalue weighted by Crippen LogP contribution is -2.71. The molecule has 4 heterocycles. The molecule has 0 unspecified atom stereocenters. The lowest BCUT2D eigenvalue weighted by molar-refractivity contribution is -0.414. The van der Waals surface area contributed by atoms with Gasteiger partial charge in [0.1, 0.15) is 0 Å². The van der Waals surface area contributed by atoms with Crippen molar-refractivity contribution in [2.24, 2.45) is 11.3 Å². The van der Waals surface area contributed by atoms with E-state index in [0.29, 0.717) is 23.2 Å². The first-order valence-corrected chi connectivity index (χ1v) is 6.97. The van der Waals surface area contributed by atoms with Crippen LogP contribution in [0.3, 0.4) is 0 Å². The number of fused-ring (bicyclic) bond motifs is 1. The number of rotatable bonds is 1. The maximum absolute atomic E-state index is 8.41. The molecule has 4 saturated heterocycles. The van der Waals surface area contributed by atoms with Crippen LogP contribution in [-0.4, -0.2) is 23.1 Å². The number of hydrogen-bond donors (Lipinski definition) is 1. The number of ether oxygens (including phenoxy) is 2. The normalized spacial score (nSPS) is 43.8. The van der Waals surface area contributed by atoms with Gasteiger partial charge in [0.2, 0.25) is 0 Å². The van der Waals surface area contributed by atoms with Crippen molar-refractivity contribution < 1.29 is 14.6 Å². The van der Waals surface area contributed by atoms with Gasteiger partial charge in [0.25, 0.3) is 0 Å². The Labute approximate surface area is 110 Å². The van der Waals surface area contributed by atoms with Crippen molar-refractivity contribution >= 4 is 0 Å². The van der Waals surface area contributed by atoms with Crippen molar-refractivity contribution in [2.75, 3.05) is 0 Å². The average molecular weight is 254 g/mol. The number of hydrogen-bond acceptors (Lipinski definition) is 3. The van der Waals surface area contributed by atoms with Gasteiger partial charge in [0.15, 0.2) is 6.29 Å². The minimum atomic E-state index is 0.0544. The molecule has 104 valence electrons. The summed E-state index contributed by atoms with van der Waals surface area (Å²) in [6.45, 7) is 10.4. The Balaban J connectivity index is 0.000000174. The maximum atomic E-state index is 8.41. The van der Waals surface area contributed by atoms with Gasteiger partial charge in [-0.15, -0.1) is 0 Å². The lowest BCUT2D eigenvalue weighted by Gasteiger charge is -2.68. The number of allylic oxidation sites excluding steroid dienone is 2. The van der Waals surface area contributed by atoms with Crippen molar-refractivity contribution in [3.05, 3.63) is 11.8 Å². The van der Waals surface area contributed by atoms with Gasteiger partial charge in [0, 0.05) is 12.3 Å². The summed E-state index contributed by atoms with van der Waals surface area (Å²) in [5.74, 6) is 1.05. The molecule has 5 fully saturated rings. The van der Waals surface area contributed by atoms with Crippen LogP contribution in [0.4, 0.5) is 0 Å². The van der Waals surface area contributed by atoms with E-state index in [1.165, 1.54) is 6.42 Å². The molecule has 4 bridgehead atoms. The van der Waals surface area contributed by atoms with E-state index in [4.69, 9.17) is 14.6 Å². The first kappa shape index (κ1) is 13.9. The summed E-state index contributed by atoms with van der Waals surface area (Å²) in [6, 6.07) is 0. The van der Waals surface area contributed by atoms with Crippen LogP contribution >= 0.6 is 0 Å². The minimum absolute atomic E-state index is 0.0544. The molecule has 0 radical (unpaired) electrons. The second-order valence-electron chi connectivity index (χ2n) is 6.62. The van der Waals surface area contributed by atoms with Gasteiger partial charge in [0.05, 0.1) is 17.5 Å². The van der Waals surface area contributed by atoms with E-state index >= 15 is 0 Å². The highest BCUT2D eigenvalue weighted by atomic mass is 16.7. The molecular weight excluding hydrogens is 228 g/mol. The lowest BCUT2D eigenvalue weighted by atomic mass is 9.50. The summed E-state index contributed by atoms with van der Waals surface area (Å²) < 4.78 is 11.5. The van der Waals surface area contributed by atoms with E-state index in [0.717, 1.165) is 12.8 Å². The molecule has 1 saturated carbocycles. The Morgan fingerprint density at radius 1 is 1.33 bits per heavy atom. The zero-order valence-electron chi connectivity index (χ0n) is 12.2. The first-order chi connectivity index (χ1) is 8.28. The zero-order chi connectivity index (χ0) is 13.6. The van der Waals surface area contributed by atoms with E-state index in [-0.39, 0.29) is 11.9 Å². The van der Waals surface area contributed by atoms with Gasteiger partial charge >= 0.3 is 0 Å². The topological polar surface area (TPSA) is 38.7 Å². The van der Waals surface area contributed by atoms with Crippen molar-refractivity contribution in [3.8, 4) is 0 Å². The third-order valence-corrected chi connectivity index (χ3v) is 4.43. The van der Waals surface area contributed by atoms with Gasteiger partial charge in [-0.3, -0.25) is 0 Å². The maximum Gasteiger partial charge on any atom is 0.159 e. The van der Waals surface area contributed by atoms with Crippen molar-refractivity contribution in [3.63, 3.8) is 0 Å². The standard InChI is InChI=1S/C10H16O2.C5H10O/c1-9(2)8-6-4-10(8,3)5-7(11-6)12-9;1-3-4-5(2)6/h6-8H,4-5H2,1-3H3;4,6H,3H2,1-2H3/b;5-4+/t6-,7-,8+,10-;/m1./s1. The molecule has 1 N–H and O–H groups in total. The first-order valence-electron chi connectivity index (χ1n) is 6.97. The van der Waals surface area contributed by atoms with Crippen LogP contribution in [0.15, 0.2) is 11.8 Å². The summed E-state index contributed by atoms with van der Waals surface area (Å²) in [4.78, 5) is 0. The SMILES string of the molecule is CC/C=C(\C)O.CC1(C)O[C@@H]2C[C@@]3(C)C[C@@H](O2)[C@@H]13. The van der Waals surface area contributed by atoms with Crippen LogP contribution in [0.1, 0.15) is 53.9 Å². The summed E-state index contributed by atoms with van der Waals surface area (Å²) in [7, 11) is 0. The molecule has 3 nitrogen and oxygen atoms in total. The molecule has 0 aromatic carbocycles. The zero-order valence-corrected chi connectivity index (χ0v) is 12.2. The van der Waals surface area contributed by atoms with Crippen LogP contribution in [0, 0.1) is 11.3 Å². The van der Waals surface area contributed by atoms with Gasteiger partial charge in [-0.25, -0.2) is 0 Å². The summed E-state index contributed by atoms with van der Waals surface area (Å²) >= 11 is 0. The van der Waals surface area contributed by atoms with Crippen LogP contribution < -0.4 is 0 Å². The molecule has 0 aromatic rings. The molecule has 4 aliphatic heterocycles. The predicted molar refractivity (Wildman–Crippen MR) is 71.3 cm³/mol. The molecule has 5 aliphatic rings. The highest BCUT2D eigenvalue weighted by molar-refractivity contribution is 5.12. The fourth-order valence-electron chi connectivity index (χ4n) is 4.02. The smallest absolute Gasteiger partial charge is 0.159 e. The van der Waals surface area contributed by atoms with Crippen LogP contribution in [0.5, 0.6) is 0 Å². The monoisotopic (exact) mass is 254 g/mol. The van der Waals surface area contributed by atoms with E-state index in [2.05, 4.69) is 20.8 Å². The number of aliphatic hydroxyl groups excluding tert-OH is 1. The Morgan fingerprint density at radius 3 is 2.28 bits per heavy atom. The fraction of sp³-hybridized carbons (Fsp3) is 0.867. The summed E-state index contributed by atoms with van der Waals surface area (Å²) in [5.41, 5.74) is 0.578. The van der Waals surface area contributed by atoms with Crippen LogP contribution in [0.25, 0.3) is 0 Å². The summed E-state index contributed by atoms with van der Waals surface area (Å²) in [5, 5.41) is 8.41. The van der Waals surface area contributed by atoms with Crippen molar-refractivity contribution in [1.82, 2.24) is 0 Å². The molecule has 5 rings (SSSR count). The van der Waals surface area contributed by atoms with E-state index in [9.17, 15) is 0 Å². The van der Waals surface area contributed by atoms with Crippen molar-refractivity contribution in [2.45, 2.75) is 71.9 Å². The second kappa shape index (κ2) is 4.53. The van der Waals surface area contributed by atoms with E-state index in [1.54, 1.807) is 13.0 Å². The van der Waals surface area contributed by atoms with Gasteiger partial charge in [-0.2, -0.15) is 0 Å². The molecule has 18 heavy (non-hydrogen) atoms. The molecule has 0 amide bonds. The largest absolute Gasteiger partial charge is 0.513 e. The quantitative estimate of drug-likeness (QED) is 0.723. The fourth-order valence-corrected chi connectivity index (χ4v) is 4.02. The Kier molecular flexibility index (Phi) is 3.50. The van der Waals surface area contributed by atoms with Crippen LogP contribution in [0.2, 0.25) is 0 Å². The second-order valence-corrected chi connectivity index (χ2v) is 6.62. The van der Waals surface area contributed by atoms with Gasteiger partial charge < -0.3 is 14.6 Å². The molecule has 4 atom stereocenters. The van der Waals surface area contributed by atoms with E-state index < -0.39 is 0 Å². The van der Waals surface area contributed by atoms with E-state index in [1.807, 2.05) is 6.92 Å². The Bertz CT molecular complexity index is 328. The summed E-state index contributed by atoms with van der Waals surface area (Å²) in [6.07, 6.45) is 5.63. The highest BCUT2D eigenvalue weighted by Gasteiger charge is 2.66. The number of aliphatic hydroxyl groups is 1. The molecule has 1 aliphatic carbocycles. The van der Waals surface area contributed by atoms with Gasteiger partial charge in [-0.1, -0.05) is 13.8 Å². The third kappa shape index (κ3) is 2.30. The predicted octanol–water partition coefficient (Wildman–Crippen LogP) is 3.79. The highest BCUT2D eigenvalue weighted by Crippen LogP contribution is 2.64. The third-order valence-electron chi connectivity index (χ3n) is 4.43. The average Bonchev–Trinajstić information content (AvgIpc) is 2.12. The molecule has 0 spiro atoms. The molecule has 0 aromatic heterocycles. The van der Waals surface area contributed by atoms with Crippen LogP contribution in [-0.2, 0) is 9.47 Å². The van der Waals surface area contributed by atoms with Crippen molar-refractivity contribution in [1.29, 1.82) is 0 Å². The Hall–Kier alpha value is -0.540. The molecule has 3 heteroatoms. The minimum Gasteiger partial charge on any atom is -0.513 e.